The van der Waals surface area contributed by atoms with Crippen molar-refractivity contribution < 1.29 is 8.42 Å². The Labute approximate surface area is 91.4 Å². The molecule has 2 fully saturated rings. The van der Waals surface area contributed by atoms with Crippen LogP contribution in [0.4, 0.5) is 0 Å². The van der Waals surface area contributed by atoms with E-state index in [0.717, 1.165) is 13.1 Å². The Kier molecular flexibility index (Phi) is 2.79. The maximum absolute atomic E-state index is 11.8. The highest BCUT2D eigenvalue weighted by atomic mass is 32.2. The van der Waals surface area contributed by atoms with Gasteiger partial charge in [-0.15, -0.1) is 0 Å². The first kappa shape index (κ1) is 11.3. The van der Waals surface area contributed by atoms with Gasteiger partial charge >= 0.3 is 0 Å². The minimum Gasteiger partial charge on any atom is -0.316 e. The Morgan fingerprint density at radius 1 is 1.33 bits per heavy atom. The zero-order valence-corrected chi connectivity index (χ0v) is 10.2. The first-order valence-electron chi connectivity index (χ1n) is 5.39. The van der Waals surface area contributed by atoms with Gasteiger partial charge in [-0.25, -0.2) is 0 Å². The van der Waals surface area contributed by atoms with Gasteiger partial charge in [0, 0.05) is 19.1 Å². The van der Waals surface area contributed by atoms with Gasteiger partial charge in [0.25, 0.3) is 10.2 Å². The van der Waals surface area contributed by atoms with Crippen molar-refractivity contribution in [2.24, 2.45) is 11.8 Å². The van der Waals surface area contributed by atoms with Crippen LogP contribution in [0.1, 0.15) is 13.8 Å². The number of hydrogen-bond acceptors (Lipinski definition) is 3. The second-order valence-corrected chi connectivity index (χ2v) is 6.51. The van der Waals surface area contributed by atoms with Crippen molar-refractivity contribution >= 4 is 10.2 Å². The molecule has 0 radical (unpaired) electrons. The van der Waals surface area contributed by atoms with Gasteiger partial charge in [-0.2, -0.15) is 17.4 Å². The van der Waals surface area contributed by atoms with Crippen LogP contribution in [0.2, 0.25) is 0 Å². The predicted octanol–water partition coefficient (Wildman–Crippen LogP) is -0.621. The third kappa shape index (κ3) is 2.04. The summed E-state index contributed by atoms with van der Waals surface area (Å²) in [6.45, 7) is 5.63. The smallest absolute Gasteiger partial charge is 0.279 e. The molecule has 1 aliphatic heterocycles. The quantitative estimate of drug-likeness (QED) is 0.680. The van der Waals surface area contributed by atoms with Crippen LogP contribution in [-0.4, -0.2) is 44.9 Å². The van der Waals surface area contributed by atoms with E-state index in [1.54, 1.807) is 7.05 Å². The molecule has 0 aromatic rings. The first-order valence-corrected chi connectivity index (χ1v) is 6.83. The molecule has 1 saturated carbocycles. The highest BCUT2D eigenvalue weighted by Gasteiger charge is 2.54. The fraction of sp³-hybridized carbons (Fsp3) is 1.00. The molecular formula is C9H19N3O2S. The van der Waals surface area contributed by atoms with E-state index in [2.05, 4.69) is 10.0 Å². The summed E-state index contributed by atoms with van der Waals surface area (Å²) >= 11 is 0. The standard InChI is InChI=1S/C9H19N3O2S/c1-6(2)12(3)15(13,14)11-9-7-4-10-5-8(7)9/h6-11H,4-5H2,1-3H3. The van der Waals surface area contributed by atoms with Crippen LogP contribution in [0, 0.1) is 11.8 Å². The summed E-state index contributed by atoms with van der Waals surface area (Å²) < 4.78 is 27.9. The fourth-order valence-corrected chi connectivity index (χ4v) is 3.54. The third-order valence-electron chi connectivity index (χ3n) is 3.48. The average molecular weight is 233 g/mol. The molecule has 2 rings (SSSR count). The Hall–Kier alpha value is -0.170. The van der Waals surface area contributed by atoms with E-state index in [1.807, 2.05) is 13.8 Å². The number of nitrogens with zero attached hydrogens (tertiary/aromatic N) is 1. The van der Waals surface area contributed by atoms with Gasteiger partial charge < -0.3 is 5.32 Å². The molecule has 6 heteroatoms. The Bertz CT molecular complexity index is 331. The van der Waals surface area contributed by atoms with Gasteiger partial charge in [0.15, 0.2) is 0 Å². The second-order valence-electron chi connectivity index (χ2n) is 4.74. The maximum Gasteiger partial charge on any atom is 0.279 e. The third-order valence-corrected chi connectivity index (χ3v) is 5.23. The van der Waals surface area contributed by atoms with E-state index in [1.165, 1.54) is 4.31 Å². The summed E-state index contributed by atoms with van der Waals surface area (Å²) in [5.74, 6) is 1.03. The molecule has 2 aliphatic rings. The van der Waals surface area contributed by atoms with E-state index in [0.29, 0.717) is 11.8 Å². The number of rotatable bonds is 4. The highest BCUT2D eigenvalue weighted by Crippen LogP contribution is 2.42. The lowest BCUT2D eigenvalue weighted by Crippen LogP contribution is -2.44. The van der Waals surface area contributed by atoms with Crippen molar-refractivity contribution in [2.45, 2.75) is 25.9 Å². The number of piperidine rings is 1. The summed E-state index contributed by atoms with van der Waals surface area (Å²) in [5.41, 5.74) is 0. The Balaban J connectivity index is 1.94. The second kappa shape index (κ2) is 3.69. The van der Waals surface area contributed by atoms with Gasteiger partial charge in [0.2, 0.25) is 0 Å². The molecule has 2 unspecified atom stereocenters. The molecule has 0 aromatic carbocycles. The summed E-state index contributed by atoms with van der Waals surface area (Å²) in [5, 5.41) is 3.24. The average Bonchev–Trinajstić information content (AvgIpc) is 2.64. The molecule has 88 valence electrons. The monoisotopic (exact) mass is 233 g/mol. The van der Waals surface area contributed by atoms with Gasteiger partial charge in [0.05, 0.1) is 0 Å². The van der Waals surface area contributed by atoms with Crippen LogP contribution in [0.3, 0.4) is 0 Å². The maximum atomic E-state index is 11.8. The van der Waals surface area contributed by atoms with Crippen molar-refractivity contribution in [3.8, 4) is 0 Å². The molecule has 0 bridgehead atoms. The Morgan fingerprint density at radius 3 is 2.33 bits per heavy atom. The minimum atomic E-state index is -3.28. The lowest BCUT2D eigenvalue weighted by atomic mass is 10.4. The van der Waals surface area contributed by atoms with E-state index in [9.17, 15) is 8.42 Å². The van der Waals surface area contributed by atoms with Crippen molar-refractivity contribution in [3.05, 3.63) is 0 Å². The van der Waals surface area contributed by atoms with Gasteiger partial charge in [-0.1, -0.05) is 0 Å². The largest absolute Gasteiger partial charge is 0.316 e. The topological polar surface area (TPSA) is 61.4 Å². The van der Waals surface area contributed by atoms with Crippen LogP contribution in [-0.2, 0) is 10.2 Å². The first-order chi connectivity index (χ1) is 6.93. The number of fused-ring (bicyclic) bond motifs is 1. The molecule has 2 atom stereocenters. The zero-order valence-electron chi connectivity index (χ0n) is 9.40. The number of hydrogen-bond donors (Lipinski definition) is 2. The van der Waals surface area contributed by atoms with E-state index < -0.39 is 10.2 Å². The van der Waals surface area contributed by atoms with Gasteiger partial charge in [0.1, 0.15) is 0 Å². The molecule has 0 aromatic heterocycles. The normalized spacial score (nSPS) is 34.9. The van der Waals surface area contributed by atoms with Crippen LogP contribution in [0.15, 0.2) is 0 Å². The van der Waals surface area contributed by atoms with Crippen LogP contribution >= 0.6 is 0 Å². The van der Waals surface area contributed by atoms with Crippen LogP contribution in [0.25, 0.3) is 0 Å². The van der Waals surface area contributed by atoms with E-state index in [4.69, 9.17) is 0 Å². The zero-order chi connectivity index (χ0) is 11.2. The number of nitrogens with one attached hydrogen (secondary N) is 2. The van der Waals surface area contributed by atoms with Crippen molar-refractivity contribution in [2.75, 3.05) is 20.1 Å². The summed E-state index contributed by atoms with van der Waals surface area (Å²) in [6.07, 6.45) is 0. The van der Waals surface area contributed by atoms with E-state index in [-0.39, 0.29) is 12.1 Å². The predicted molar refractivity (Wildman–Crippen MR) is 58.6 cm³/mol. The van der Waals surface area contributed by atoms with Crippen LogP contribution < -0.4 is 10.0 Å². The molecule has 5 nitrogen and oxygen atoms in total. The van der Waals surface area contributed by atoms with Gasteiger partial charge in [-0.3, -0.25) is 0 Å². The SMILES string of the molecule is CC(C)N(C)S(=O)(=O)NC1C2CNCC21. The van der Waals surface area contributed by atoms with Crippen molar-refractivity contribution in [3.63, 3.8) is 0 Å². The molecule has 1 heterocycles. The molecule has 1 saturated heterocycles. The fourth-order valence-electron chi connectivity index (χ4n) is 2.13. The minimum absolute atomic E-state index is 0.000726. The summed E-state index contributed by atoms with van der Waals surface area (Å²) in [7, 11) is -1.67. The lowest BCUT2D eigenvalue weighted by molar-refractivity contribution is 0.399. The Morgan fingerprint density at radius 2 is 1.87 bits per heavy atom. The molecule has 2 N–H and O–H groups in total. The molecular weight excluding hydrogens is 214 g/mol. The van der Waals surface area contributed by atoms with Gasteiger partial charge in [-0.05, 0) is 38.8 Å². The van der Waals surface area contributed by atoms with Crippen LogP contribution in [0.5, 0.6) is 0 Å². The molecule has 1 aliphatic carbocycles. The van der Waals surface area contributed by atoms with Crippen molar-refractivity contribution in [1.82, 2.24) is 14.3 Å². The summed E-state index contributed by atoms with van der Waals surface area (Å²) in [6, 6.07) is 0.164. The molecule has 0 amide bonds. The van der Waals surface area contributed by atoms with Crippen molar-refractivity contribution in [1.29, 1.82) is 0 Å². The lowest BCUT2D eigenvalue weighted by Gasteiger charge is -2.21. The highest BCUT2D eigenvalue weighted by molar-refractivity contribution is 7.87. The summed E-state index contributed by atoms with van der Waals surface area (Å²) in [4.78, 5) is 0. The van der Waals surface area contributed by atoms with E-state index >= 15 is 0 Å². The molecule has 15 heavy (non-hydrogen) atoms. The molecule has 0 spiro atoms.